The number of ether oxygens (including phenoxy) is 2. The van der Waals surface area contributed by atoms with E-state index in [-0.39, 0.29) is 23.8 Å². The van der Waals surface area contributed by atoms with Gasteiger partial charge >= 0.3 is 0 Å². The summed E-state index contributed by atoms with van der Waals surface area (Å²) in [6, 6.07) is 7.23. The molecular weight excluding hydrogens is 518 g/mol. The lowest BCUT2D eigenvalue weighted by molar-refractivity contribution is -0.172. The molecule has 0 spiro atoms. The minimum absolute atomic E-state index is 0.128. The van der Waals surface area contributed by atoms with Crippen LogP contribution in [-0.2, 0) is 11.2 Å². The van der Waals surface area contributed by atoms with Gasteiger partial charge in [0.15, 0.2) is 5.75 Å². The average Bonchev–Trinajstić information content (AvgIpc) is 3.29. The molecule has 3 N–H and O–H groups in total. The number of pyridine rings is 1. The van der Waals surface area contributed by atoms with Gasteiger partial charge in [0.2, 0.25) is 5.91 Å². The molecule has 1 fully saturated rings. The number of likely N-dealkylation sites (tertiary alicyclic amines) is 1. The van der Waals surface area contributed by atoms with Gasteiger partial charge in [0.1, 0.15) is 12.4 Å². The van der Waals surface area contributed by atoms with Crippen LogP contribution >= 0.6 is 11.6 Å². The minimum atomic E-state index is -0.546. The molecule has 0 unspecified atom stereocenters. The van der Waals surface area contributed by atoms with E-state index in [1.165, 1.54) is 6.08 Å². The van der Waals surface area contributed by atoms with Crippen molar-refractivity contribution < 1.29 is 19.1 Å². The van der Waals surface area contributed by atoms with E-state index in [1.54, 1.807) is 30.5 Å². The van der Waals surface area contributed by atoms with Gasteiger partial charge in [0.05, 0.1) is 46.5 Å². The Morgan fingerprint density at radius 1 is 1.31 bits per heavy atom. The fourth-order valence-corrected chi connectivity index (χ4v) is 5.55. The van der Waals surface area contributed by atoms with Crippen molar-refractivity contribution >= 4 is 34.8 Å². The highest BCUT2D eigenvalue weighted by molar-refractivity contribution is 6.32. The van der Waals surface area contributed by atoms with Gasteiger partial charge in [-0.2, -0.15) is 0 Å². The molecule has 0 aliphatic carbocycles. The highest BCUT2D eigenvalue weighted by atomic mass is 35.5. The highest BCUT2D eigenvalue weighted by Gasteiger charge is 2.58. The molecule has 4 heterocycles. The molecular formula is C29H32ClN5O4. The quantitative estimate of drug-likeness (QED) is 0.343. The van der Waals surface area contributed by atoms with Crippen LogP contribution in [0, 0.1) is 5.41 Å². The average molecular weight is 550 g/mol. The zero-order valence-corrected chi connectivity index (χ0v) is 23.2. The van der Waals surface area contributed by atoms with E-state index < -0.39 is 5.54 Å². The second kappa shape index (κ2) is 9.96. The summed E-state index contributed by atoms with van der Waals surface area (Å²) in [5, 5.41) is 6.77. The largest absolute Gasteiger partial charge is 0.493 e. The summed E-state index contributed by atoms with van der Waals surface area (Å²) in [5.74, 6) is 0.681. The Bertz CT molecular complexity index is 1470. The molecule has 204 valence electrons. The van der Waals surface area contributed by atoms with Gasteiger partial charge in [-0.3, -0.25) is 14.6 Å². The van der Waals surface area contributed by atoms with Crippen molar-refractivity contribution in [2.45, 2.75) is 32.7 Å². The monoisotopic (exact) mass is 549 g/mol. The lowest BCUT2D eigenvalue weighted by Crippen LogP contribution is -2.74. The Morgan fingerprint density at radius 2 is 2.10 bits per heavy atom. The summed E-state index contributed by atoms with van der Waals surface area (Å²) >= 11 is 6.38. The maximum atomic E-state index is 13.0. The highest BCUT2D eigenvalue weighted by Crippen LogP contribution is 2.48. The van der Waals surface area contributed by atoms with E-state index in [1.807, 2.05) is 25.1 Å². The predicted octanol–water partition coefficient (Wildman–Crippen LogP) is 4.96. The molecule has 0 radical (unpaired) electrons. The van der Waals surface area contributed by atoms with Gasteiger partial charge in [-0.1, -0.05) is 38.1 Å². The van der Waals surface area contributed by atoms with Crippen LogP contribution in [-0.4, -0.2) is 59.0 Å². The number of hydrogen-bond donors (Lipinski definition) is 3. The number of nitrogens with zero attached hydrogens (tertiary/aromatic N) is 2. The van der Waals surface area contributed by atoms with Crippen LogP contribution in [0.1, 0.15) is 36.8 Å². The van der Waals surface area contributed by atoms with Crippen LogP contribution in [0.15, 0.2) is 49.3 Å². The van der Waals surface area contributed by atoms with E-state index >= 15 is 0 Å². The zero-order valence-electron chi connectivity index (χ0n) is 22.5. The van der Waals surface area contributed by atoms with E-state index in [2.05, 4.69) is 41.0 Å². The van der Waals surface area contributed by atoms with Gasteiger partial charge in [-0.15, -0.1) is 0 Å². The van der Waals surface area contributed by atoms with Crippen molar-refractivity contribution in [3.8, 4) is 22.8 Å². The van der Waals surface area contributed by atoms with E-state index in [0.29, 0.717) is 58.7 Å². The summed E-state index contributed by atoms with van der Waals surface area (Å²) in [4.78, 5) is 35.1. The second-order valence-electron chi connectivity index (χ2n) is 10.6. The predicted molar refractivity (Wildman–Crippen MR) is 151 cm³/mol. The molecule has 9 nitrogen and oxygen atoms in total. The Morgan fingerprint density at radius 3 is 2.82 bits per heavy atom. The van der Waals surface area contributed by atoms with E-state index in [0.717, 1.165) is 11.3 Å². The molecule has 1 aromatic carbocycles. The maximum Gasteiger partial charge on any atom is 0.255 e. The van der Waals surface area contributed by atoms with Crippen molar-refractivity contribution in [3.05, 3.63) is 65.6 Å². The summed E-state index contributed by atoms with van der Waals surface area (Å²) in [6.45, 7) is 11.3. The molecule has 5 rings (SSSR count). The van der Waals surface area contributed by atoms with Gasteiger partial charge in [-0.25, -0.2) is 0 Å². The molecule has 2 aliphatic rings. The van der Waals surface area contributed by atoms with Gasteiger partial charge < -0.3 is 30.0 Å². The second-order valence-corrected chi connectivity index (χ2v) is 11.0. The number of anilines is 2. The summed E-state index contributed by atoms with van der Waals surface area (Å²) < 4.78 is 11.9. The molecule has 1 atom stereocenters. The Kier molecular flexibility index (Phi) is 6.80. The molecule has 0 bridgehead atoms. The number of fused-ring (bicyclic) bond motifs is 1. The van der Waals surface area contributed by atoms with Gasteiger partial charge in [0, 0.05) is 42.4 Å². The fraction of sp³-hybridized carbons (Fsp3) is 0.345. The Hall–Kier alpha value is -3.98. The number of H-pyrrole nitrogens is 1. The number of amides is 2. The number of hydrogen-bond acceptors (Lipinski definition) is 6. The lowest BCUT2D eigenvalue weighted by Gasteiger charge is -2.62. The molecule has 1 saturated heterocycles. The lowest BCUT2D eigenvalue weighted by atomic mass is 9.64. The summed E-state index contributed by atoms with van der Waals surface area (Å²) in [6.07, 6.45) is 5.30. The standard InChI is InChI=1S/C29H32ClN5O4/c1-6-22(36)35-15-28(2,3)29(35,4)16-39-21-14-31-12-10-17(21)24-25(23-19(33-24)11-13-32-27(23)37)34-20-9-7-8-18(30)26(20)38-5/h6-10,12,14,33-34H,1,11,13,15-16H2,2-5H3,(H,32,37)/t29-/m0/s1. The summed E-state index contributed by atoms with van der Waals surface area (Å²) in [5.41, 5.74) is 3.23. The molecule has 2 aromatic heterocycles. The number of aromatic amines is 1. The third-order valence-corrected chi connectivity index (χ3v) is 8.30. The molecule has 10 heteroatoms. The van der Waals surface area contributed by atoms with Crippen LogP contribution in [0.25, 0.3) is 11.3 Å². The molecule has 2 amide bonds. The number of rotatable bonds is 8. The number of nitrogens with one attached hydrogen (secondary N) is 3. The first-order valence-electron chi connectivity index (χ1n) is 12.7. The maximum absolute atomic E-state index is 13.0. The number of carbonyl (C=O) groups is 2. The van der Waals surface area contributed by atoms with Crippen molar-refractivity contribution in [2.75, 3.05) is 32.1 Å². The SMILES string of the molecule is C=CC(=O)N1CC(C)(C)[C@]1(C)COc1cnccc1-c1[nH]c2c(c1Nc1cccc(Cl)c1OC)C(=O)NCC2. The number of aromatic nitrogens is 2. The van der Waals surface area contributed by atoms with Gasteiger partial charge in [-0.05, 0) is 31.2 Å². The first-order valence-corrected chi connectivity index (χ1v) is 13.1. The van der Waals surface area contributed by atoms with Gasteiger partial charge in [0.25, 0.3) is 5.91 Å². The smallest absolute Gasteiger partial charge is 0.255 e. The number of benzene rings is 1. The van der Waals surface area contributed by atoms with Crippen molar-refractivity contribution in [1.29, 1.82) is 0 Å². The van der Waals surface area contributed by atoms with Crippen LogP contribution in [0.5, 0.6) is 11.5 Å². The normalized spacial score (nSPS) is 19.4. The molecule has 0 saturated carbocycles. The number of carbonyl (C=O) groups excluding carboxylic acids is 2. The third-order valence-electron chi connectivity index (χ3n) is 8.01. The zero-order chi connectivity index (χ0) is 27.9. The van der Waals surface area contributed by atoms with Crippen LogP contribution in [0.2, 0.25) is 5.02 Å². The molecule has 39 heavy (non-hydrogen) atoms. The van der Waals surface area contributed by atoms with Crippen molar-refractivity contribution in [2.24, 2.45) is 5.41 Å². The van der Waals surface area contributed by atoms with E-state index in [4.69, 9.17) is 21.1 Å². The number of para-hydroxylation sites is 1. The first-order chi connectivity index (χ1) is 18.6. The van der Waals surface area contributed by atoms with Crippen LogP contribution < -0.4 is 20.1 Å². The number of methoxy groups -OCH3 is 1. The molecule has 2 aliphatic heterocycles. The van der Waals surface area contributed by atoms with Crippen molar-refractivity contribution in [3.63, 3.8) is 0 Å². The topological polar surface area (TPSA) is 109 Å². The third kappa shape index (κ3) is 4.40. The number of halogens is 1. The molecule has 3 aromatic rings. The Balaban J connectivity index is 1.56. The fourth-order valence-electron chi connectivity index (χ4n) is 5.29. The van der Waals surface area contributed by atoms with Crippen molar-refractivity contribution in [1.82, 2.24) is 20.2 Å². The Labute approximate surface area is 232 Å². The first kappa shape index (κ1) is 26.6. The minimum Gasteiger partial charge on any atom is -0.493 e. The van der Waals surface area contributed by atoms with E-state index in [9.17, 15) is 9.59 Å². The van der Waals surface area contributed by atoms with Crippen LogP contribution in [0.4, 0.5) is 11.4 Å². The van der Waals surface area contributed by atoms with Crippen LogP contribution in [0.3, 0.4) is 0 Å². The summed E-state index contributed by atoms with van der Waals surface area (Å²) in [7, 11) is 1.55.